The Morgan fingerprint density at radius 2 is 2.05 bits per heavy atom. The second-order valence-corrected chi connectivity index (χ2v) is 6.08. The zero-order valence-electron chi connectivity index (χ0n) is 11.8. The van der Waals surface area contributed by atoms with Gasteiger partial charge in [0.2, 0.25) is 0 Å². The predicted octanol–water partition coefficient (Wildman–Crippen LogP) is 3.84. The lowest BCUT2D eigenvalue weighted by Gasteiger charge is -2.25. The molecule has 0 aromatic heterocycles. The van der Waals surface area contributed by atoms with Gasteiger partial charge in [-0.15, -0.1) is 0 Å². The lowest BCUT2D eigenvalue weighted by molar-refractivity contribution is 0.103. The molecule has 102 valence electrons. The van der Waals surface area contributed by atoms with E-state index in [0.29, 0.717) is 5.57 Å². The van der Waals surface area contributed by atoms with Crippen molar-refractivity contribution in [3.63, 3.8) is 0 Å². The van der Waals surface area contributed by atoms with Gasteiger partial charge in [0.25, 0.3) is 0 Å². The number of hydrogen-bond acceptors (Lipinski definition) is 2. The first-order valence-electron chi connectivity index (χ1n) is 7.45. The minimum absolute atomic E-state index is 0.121. The average Bonchev–Trinajstić information content (AvgIpc) is 2.86. The number of allylic oxidation sites excluding steroid dienone is 1. The highest BCUT2D eigenvalue weighted by molar-refractivity contribution is 6.18. The van der Waals surface area contributed by atoms with Crippen LogP contribution in [-0.4, -0.2) is 11.9 Å². The largest absolute Gasteiger partial charge is 0.489 e. The molecule has 0 saturated heterocycles. The van der Waals surface area contributed by atoms with Gasteiger partial charge in [-0.25, -0.2) is 0 Å². The number of aryl methyl sites for hydroxylation is 1. The molecule has 2 heteroatoms. The number of hydrogen-bond donors (Lipinski definition) is 0. The van der Waals surface area contributed by atoms with E-state index in [4.69, 9.17) is 4.74 Å². The number of Topliss-reactive ketones (excluding diaryl/α,β-unsaturated/α-hetero) is 1. The Hall–Kier alpha value is -1.83. The number of carbonyl (C=O) groups excluding carboxylic acids is 1. The van der Waals surface area contributed by atoms with E-state index in [1.165, 1.54) is 24.0 Å². The molecule has 1 aromatic carbocycles. The third-order valence-electron chi connectivity index (χ3n) is 4.73. The van der Waals surface area contributed by atoms with Crippen LogP contribution in [0.3, 0.4) is 0 Å². The van der Waals surface area contributed by atoms with Gasteiger partial charge in [0.15, 0.2) is 5.78 Å². The van der Waals surface area contributed by atoms with E-state index in [-0.39, 0.29) is 11.9 Å². The van der Waals surface area contributed by atoms with Gasteiger partial charge in [0.1, 0.15) is 11.9 Å². The summed E-state index contributed by atoms with van der Waals surface area (Å²) in [6.45, 7) is 6.08. The molecule has 20 heavy (non-hydrogen) atoms. The van der Waals surface area contributed by atoms with Crippen LogP contribution in [0, 0.1) is 0 Å². The minimum Gasteiger partial charge on any atom is -0.489 e. The monoisotopic (exact) mass is 266 g/mol. The SMILES string of the molecule is C=C1C(=O)c2c(ccc3c2CCCC3)C2=C1CC(C)O2. The molecule has 0 saturated carbocycles. The first-order valence-corrected chi connectivity index (χ1v) is 7.45. The molecule has 2 aliphatic carbocycles. The van der Waals surface area contributed by atoms with E-state index in [9.17, 15) is 4.79 Å². The molecular weight excluding hydrogens is 248 g/mol. The maximum atomic E-state index is 12.7. The van der Waals surface area contributed by atoms with E-state index < -0.39 is 0 Å². The molecule has 1 aliphatic heterocycles. The summed E-state index contributed by atoms with van der Waals surface area (Å²) in [6, 6.07) is 4.27. The average molecular weight is 266 g/mol. The summed E-state index contributed by atoms with van der Waals surface area (Å²) in [7, 11) is 0. The molecule has 1 aromatic rings. The number of rotatable bonds is 0. The smallest absolute Gasteiger partial charge is 0.193 e. The first-order chi connectivity index (χ1) is 9.66. The van der Waals surface area contributed by atoms with Crippen LogP contribution in [0.4, 0.5) is 0 Å². The Morgan fingerprint density at radius 1 is 1.25 bits per heavy atom. The van der Waals surface area contributed by atoms with Crippen LogP contribution in [0.1, 0.15) is 53.2 Å². The maximum absolute atomic E-state index is 12.7. The van der Waals surface area contributed by atoms with Crippen molar-refractivity contribution in [3.05, 3.63) is 52.1 Å². The number of carbonyl (C=O) groups is 1. The fourth-order valence-electron chi connectivity index (χ4n) is 3.74. The summed E-state index contributed by atoms with van der Waals surface area (Å²) in [4.78, 5) is 12.7. The summed E-state index contributed by atoms with van der Waals surface area (Å²) in [5.74, 6) is 1.03. The predicted molar refractivity (Wildman–Crippen MR) is 78.6 cm³/mol. The van der Waals surface area contributed by atoms with Gasteiger partial charge in [0, 0.05) is 28.7 Å². The van der Waals surface area contributed by atoms with Crippen LogP contribution in [-0.2, 0) is 17.6 Å². The Morgan fingerprint density at radius 3 is 2.90 bits per heavy atom. The Labute approximate surface area is 119 Å². The van der Waals surface area contributed by atoms with Gasteiger partial charge in [0.05, 0.1) is 0 Å². The highest BCUT2D eigenvalue weighted by Crippen LogP contribution is 2.44. The molecule has 4 rings (SSSR count). The minimum atomic E-state index is 0.121. The van der Waals surface area contributed by atoms with Crippen LogP contribution in [0.15, 0.2) is 29.9 Å². The normalized spacial score (nSPS) is 24.1. The third kappa shape index (κ3) is 1.48. The molecule has 0 bridgehead atoms. The van der Waals surface area contributed by atoms with Gasteiger partial charge in [-0.2, -0.15) is 0 Å². The molecule has 3 aliphatic rings. The van der Waals surface area contributed by atoms with Crippen LogP contribution >= 0.6 is 0 Å². The molecule has 2 nitrogen and oxygen atoms in total. The van der Waals surface area contributed by atoms with Crippen LogP contribution in [0.25, 0.3) is 5.76 Å². The lowest BCUT2D eigenvalue weighted by atomic mass is 9.78. The van der Waals surface area contributed by atoms with Gasteiger partial charge in [-0.3, -0.25) is 4.79 Å². The first kappa shape index (κ1) is 12.0. The van der Waals surface area contributed by atoms with Gasteiger partial charge < -0.3 is 4.74 Å². The van der Waals surface area contributed by atoms with Crippen LogP contribution < -0.4 is 0 Å². The summed E-state index contributed by atoms with van der Waals surface area (Å²) in [5, 5.41) is 0. The highest BCUT2D eigenvalue weighted by Gasteiger charge is 2.37. The van der Waals surface area contributed by atoms with Crippen molar-refractivity contribution in [2.24, 2.45) is 0 Å². The summed E-state index contributed by atoms with van der Waals surface area (Å²) in [6.07, 6.45) is 5.44. The van der Waals surface area contributed by atoms with E-state index >= 15 is 0 Å². The van der Waals surface area contributed by atoms with Crippen LogP contribution in [0.2, 0.25) is 0 Å². The van der Waals surface area contributed by atoms with E-state index in [2.05, 4.69) is 18.7 Å². The van der Waals surface area contributed by atoms with E-state index in [1.54, 1.807) is 0 Å². The second-order valence-electron chi connectivity index (χ2n) is 6.08. The molecule has 0 fully saturated rings. The molecule has 0 spiro atoms. The molecule has 0 radical (unpaired) electrons. The molecule has 0 N–H and O–H groups in total. The van der Waals surface area contributed by atoms with Gasteiger partial charge in [-0.1, -0.05) is 18.7 Å². The quantitative estimate of drug-likeness (QED) is 0.667. The zero-order valence-corrected chi connectivity index (χ0v) is 11.8. The molecular formula is C18H18O2. The van der Waals surface area contributed by atoms with E-state index in [0.717, 1.165) is 41.7 Å². The van der Waals surface area contributed by atoms with Crippen molar-refractivity contribution >= 4 is 11.5 Å². The summed E-state index contributed by atoms with van der Waals surface area (Å²) in [5.41, 5.74) is 6.13. The van der Waals surface area contributed by atoms with Crippen molar-refractivity contribution in [3.8, 4) is 0 Å². The van der Waals surface area contributed by atoms with Crippen LogP contribution in [0.5, 0.6) is 0 Å². The summed E-state index contributed by atoms with van der Waals surface area (Å²) < 4.78 is 5.97. The van der Waals surface area contributed by atoms with Gasteiger partial charge >= 0.3 is 0 Å². The highest BCUT2D eigenvalue weighted by atomic mass is 16.5. The Kier molecular flexibility index (Phi) is 2.44. The molecule has 1 heterocycles. The topological polar surface area (TPSA) is 26.3 Å². The van der Waals surface area contributed by atoms with Crippen molar-refractivity contribution in [2.45, 2.75) is 45.1 Å². The maximum Gasteiger partial charge on any atom is 0.193 e. The molecule has 0 amide bonds. The van der Waals surface area contributed by atoms with E-state index in [1.807, 2.05) is 6.92 Å². The van der Waals surface area contributed by atoms with Crippen molar-refractivity contribution in [1.29, 1.82) is 0 Å². The van der Waals surface area contributed by atoms with Crippen molar-refractivity contribution in [2.75, 3.05) is 0 Å². The molecule has 1 unspecified atom stereocenters. The number of ketones is 1. The fourth-order valence-corrected chi connectivity index (χ4v) is 3.74. The van der Waals surface area contributed by atoms with Crippen molar-refractivity contribution in [1.82, 2.24) is 0 Å². The fraction of sp³-hybridized carbons (Fsp3) is 0.389. The summed E-state index contributed by atoms with van der Waals surface area (Å²) >= 11 is 0. The molecule has 1 atom stereocenters. The zero-order chi connectivity index (χ0) is 13.9. The number of ether oxygens (including phenoxy) is 1. The second kappa shape index (κ2) is 4.08. The number of fused-ring (bicyclic) bond motifs is 4. The van der Waals surface area contributed by atoms with Crippen molar-refractivity contribution < 1.29 is 9.53 Å². The lowest BCUT2D eigenvalue weighted by Crippen LogP contribution is -2.19. The standard InChI is InChI=1S/C18H18O2/c1-10-9-15-11(2)17(19)16-13-6-4-3-5-12(13)7-8-14(16)18(15)20-10/h7-8,10H,2-6,9H2,1H3. The Balaban J connectivity index is 1.98. The Bertz CT molecular complexity index is 679. The third-order valence-corrected chi connectivity index (χ3v) is 4.73. The van der Waals surface area contributed by atoms with Gasteiger partial charge in [-0.05, 0) is 43.7 Å². The number of benzene rings is 1.